The fourth-order valence-corrected chi connectivity index (χ4v) is 2.27. The van der Waals surface area contributed by atoms with E-state index >= 15 is 0 Å². The van der Waals surface area contributed by atoms with Gasteiger partial charge in [-0.25, -0.2) is 4.68 Å². The molecule has 2 aromatic rings. The van der Waals surface area contributed by atoms with Crippen molar-refractivity contribution < 1.29 is 9.59 Å². The Morgan fingerprint density at radius 1 is 1.30 bits per heavy atom. The van der Waals surface area contributed by atoms with Crippen molar-refractivity contribution in [3.05, 3.63) is 41.0 Å². The van der Waals surface area contributed by atoms with Gasteiger partial charge in [-0.05, 0) is 44.0 Å². The number of benzene rings is 1. The predicted molar refractivity (Wildman–Crippen MR) is 87.7 cm³/mol. The predicted octanol–water partition coefficient (Wildman–Crippen LogP) is 2.30. The van der Waals surface area contributed by atoms with Crippen molar-refractivity contribution in [2.24, 2.45) is 5.92 Å². The number of amides is 2. The van der Waals surface area contributed by atoms with Gasteiger partial charge in [0.1, 0.15) is 0 Å². The van der Waals surface area contributed by atoms with Gasteiger partial charge >= 0.3 is 0 Å². The summed E-state index contributed by atoms with van der Waals surface area (Å²) in [6, 6.07) is 7.24. The first-order valence-corrected chi connectivity index (χ1v) is 7.80. The second-order valence-corrected chi connectivity index (χ2v) is 6.06. The molecule has 1 aromatic carbocycles. The van der Waals surface area contributed by atoms with Crippen molar-refractivity contribution in [1.82, 2.24) is 15.1 Å². The number of carbonyl (C=O) groups excluding carboxylic acids is 2. The number of aryl methyl sites for hydroxylation is 1. The molecule has 1 fully saturated rings. The van der Waals surface area contributed by atoms with Crippen molar-refractivity contribution in [3.63, 3.8) is 0 Å². The van der Waals surface area contributed by atoms with E-state index in [1.54, 1.807) is 16.8 Å². The summed E-state index contributed by atoms with van der Waals surface area (Å²) in [5.41, 5.74) is 1.68. The number of hydrogen-bond donors (Lipinski definition) is 2. The van der Waals surface area contributed by atoms with Crippen LogP contribution in [0.1, 0.15) is 18.4 Å². The summed E-state index contributed by atoms with van der Waals surface area (Å²) in [5, 5.41) is 10.3. The van der Waals surface area contributed by atoms with Gasteiger partial charge in [0.2, 0.25) is 11.8 Å². The highest BCUT2D eigenvalue weighted by Crippen LogP contribution is 2.28. The lowest BCUT2D eigenvalue weighted by Gasteiger charge is -2.05. The van der Waals surface area contributed by atoms with Crippen LogP contribution in [0.3, 0.4) is 0 Å². The van der Waals surface area contributed by atoms with Crippen LogP contribution in [0.5, 0.6) is 0 Å². The van der Waals surface area contributed by atoms with Gasteiger partial charge in [-0.15, -0.1) is 5.10 Å². The van der Waals surface area contributed by atoms with E-state index in [1.807, 2.05) is 25.3 Å². The average Bonchev–Trinajstić information content (AvgIpc) is 3.31. The van der Waals surface area contributed by atoms with Crippen LogP contribution >= 0.6 is 11.6 Å². The minimum absolute atomic E-state index is 0.0391. The van der Waals surface area contributed by atoms with E-state index in [9.17, 15) is 9.59 Å². The van der Waals surface area contributed by atoms with Crippen LogP contribution in [0.25, 0.3) is 5.69 Å². The molecular weight excluding hydrogens is 316 g/mol. The van der Waals surface area contributed by atoms with Crippen molar-refractivity contribution in [1.29, 1.82) is 0 Å². The molecule has 0 saturated heterocycles. The molecule has 120 valence electrons. The van der Waals surface area contributed by atoms with E-state index in [0.717, 1.165) is 24.1 Å². The molecule has 0 radical (unpaired) electrons. The molecule has 0 bridgehead atoms. The van der Waals surface area contributed by atoms with Crippen LogP contribution in [0, 0.1) is 12.8 Å². The average molecular weight is 333 g/mol. The highest BCUT2D eigenvalue weighted by atomic mass is 35.5. The summed E-state index contributed by atoms with van der Waals surface area (Å²) in [6.07, 6.45) is 3.65. The SMILES string of the molecule is Cc1cn(-c2ccc(Cl)cc2)nc1NC(=O)CNC(=O)C1CC1. The Balaban J connectivity index is 1.62. The zero-order valence-corrected chi connectivity index (χ0v) is 13.4. The van der Waals surface area contributed by atoms with Gasteiger partial charge in [-0.1, -0.05) is 11.6 Å². The Kier molecular flexibility index (Phi) is 4.34. The number of nitrogens with one attached hydrogen (secondary N) is 2. The van der Waals surface area contributed by atoms with E-state index in [4.69, 9.17) is 11.6 Å². The number of halogens is 1. The van der Waals surface area contributed by atoms with Gasteiger partial charge in [0.25, 0.3) is 0 Å². The van der Waals surface area contributed by atoms with E-state index < -0.39 is 0 Å². The number of aromatic nitrogens is 2. The summed E-state index contributed by atoms with van der Waals surface area (Å²) in [6.45, 7) is 1.82. The number of hydrogen-bond acceptors (Lipinski definition) is 3. The van der Waals surface area contributed by atoms with Gasteiger partial charge < -0.3 is 10.6 Å². The van der Waals surface area contributed by atoms with E-state index in [0.29, 0.717) is 10.8 Å². The third-order valence-corrected chi connectivity index (χ3v) is 3.87. The molecule has 6 nitrogen and oxygen atoms in total. The highest BCUT2D eigenvalue weighted by Gasteiger charge is 2.29. The summed E-state index contributed by atoms with van der Waals surface area (Å²) < 4.78 is 1.67. The van der Waals surface area contributed by atoms with Gasteiger partial charge in [0.15, 0.2) is 5.82 Å². The van der Waals surface area contributed by atoms with E-state index in [1.165, 1.54) is 0 Å². The maximum atomic E-state index is 11.9. The lowest BCUT2D eigenvalue weighted by Crippen LogP contribution is -2.33. The fourth-order valence-electron chi connectivity index (χ4n) is 2.14. The summed E-state index contributed by atoms with van der Waals surface area (Å²) >= 11 is 5.87. The molecule has 2 N–H and O–H groups in total. The first-order valence-electron chi connectivity index (χ1n) is 7.42. The quantitative estimate of drug-likeness (QED) is 0.882. The number of nitrogens with zero attached hydrogens (tertiary/aromatic N) is 2. The lowest BCUT2D eigenvalue weighted by molar-refractivity contribution is -0.125. The van der Waals surface area contributed by atoms with Crippen molar-refractivity contribution >= 4 is 29.2 Å². The zero-order chi connectivity index (χ0) is 16.4. The van der Waals surface area contributed by atoms with Gasteiger partial charge in [-0.2, -0.15) is 0 Å². The monoisotopic (exact) mass is 332 g/mol. The van der Waals surface area contributed by atoms with Crippen LogP contribution in [0.15, 0.2) is 30.5 Å². The van der Waals surface area contributed by atoms with Crippen LogP contribution < -0.4 is 10.6 Å². The summed E-state index contributed by atoms with van der Waals surface area (Å²) in [5.74, 6) is 0.228. The van der Waals surface area contributed by atoms with Gasteiger partial charge in [-0.3, -0.25) is 9.59 Å². The Morgan fingerprint density at radius 2 is 2.00 bits per heavy atom. The van der Waals surface area contributed by atoms with Crippen LogP contribution in [-0.2, 0) is 9.59 Å². The second-order valence-electron chi connectivity index (χ2n) is 5.62. The largest absolute Gasteiger partial charge is 0.347 e. The van der Waals surface area contributed by atoms with Gasteiger partial charge in [0, 0.05) is 22.7 Å². The molecule has 0 spiro atoms. The highest BCUT2D eigenvalue weighted by molar-refractivity contribution is 6.30. The molecule has 0 aliphatic heterocycles. The topological polar surface area (TPSA) is 76.0 Å². The first kappa shape index (κ1) is 15.6. The summed E-state index contributed by atoms with van der Waals surface area (Å²) in [7, 11) is 0. The molecular formula is C16H17ClN4O2. The van der Waals surface area contributed by atoms with E-state index in [2.05, 4.69) is 15.7 Å². The maximum Gasteiger partial charge on any atom is 0.244 e. The van der Waals surface area contributed by atoms with Crippen LogP contribution in [0.4, 0.5) is 5.82 Å². The maximum absolute atomic E-state index is 11.9. The molecule has 0 atom stereocenters. The van der Waals surface area contributed by atoms with Gasteiger partial charge in [0.05, 0.1) is 12.2 Å². The molecule has 0 unspecified atom stereocenters. The Morgan fingerprint density at radius 3 is 2.65 bits per heavy atom. The standard InChI is InChI=1S/C16H17ClN4O2/c1-10-9-21(13-6-4-12(17)5-7-13)20-15(10)19-14(22)8-18-16(23)11-2-3-11/h4-7,9,11H,2-3,8H2,1H3,(H,18,23)(H,19,20,22). The molecule has 1 saturated carbocycles. The smallest absolute Gasteiger partial charge is 0.244 e. The van der Waals surface area contributed by atoms with Crippen molar-refractivity contribution in [3.8, 4) is 5.69 Å². The number of anilines is 1. The summed E-state index contributed by atoms with van der Waals surface area (Å²) in [4.78, 5) is 23.4. The first-order chi connectivity index (χ1) is 11.0. The Bertz CT molecular complexity index is 735. The third kappa shape index (κ3) is 3.90. The van der Waals surface area contributed by atoms with Crippen LogP contribution in [-0.4, -0.2) is 28.1 Å². The number of carbonyl (C=O) groups is 2. The Labute approximate surface area is 138 Å². The molecule has 23 heavy (non-hydrogen) atoms. The minimum Gasteiger partial charge on any atom is -0.347 e. The molecule has 3 rings (SSSR count). The molecule has 1 aromatic heterocycles. The minimum atomic E-state index is -0.288. The zero-order valence-electron chi connectivity index (χ0n) is 12.7. The molecule has 2 amide bonds. The van der Waals surface area contributed by atoms with Crippen LogP contribution in [0.2, 0.25) is 5.02 Å². The molecule has 7 heteroatoms. The second kappa shape index (κ2) is 6.42. The van der Waals surface area contributed by atoms with Crippen molar-refractivity contribution in [2.45, 2.75) is 19.8 Å². The Hall–Kier alpha value is -2.34. The van der Waals surface area contributed by atoms with E-state index in [-0.39, 0.29) is 24.3 Å². The molecule has 1 aliphatic carbocycles. The lowest BCUT2D eigenvalue weighted by atomic mass is 10.3. The number of rotatable bonds is 5. The molecule has 1 aliphatic rings. The fraction of sp³-hybridized carbons (Fsp3) is 0.312. The van der Waals surface area contributed by atoms with Crippen molar-refractivity contribution in [2.75, 3.05) is 11.9 Å². The molecule has 1 heterocycles. The normalized spacial score (nSPS) is 13.7. The third-order valence-electron chi connectivity index (χ3n) is 3.62.